The molecule has 0 aromatic carbocycles. The third kappa shape index (κ3) is 2.82. The maximum Gasteiger partial charge on any atom is 0.307 e. The predicted octanol–water partition coefficient (Wildman–Crippen LogP) is 2.10. The SMILES string of the molecule is CC(C)(C)C(=O)C[C@H](C(=O)O)C1CC1. The fraction of sp³-hybridized carbons (Fsp3) is 0.818. The van der Waals surface area contributed by atoms with Crippen LogP contribution in [0.4, 0.5) is 0 Å². The molecule has 0 aromatic heterocycles. The second-order valence-corrected chi connectivity index (χ2v) is 5.16. The molecule has 0 spiro atoms. The molecular formula is C11H18O3. The van der Waals surface area contributed by atoms with Gasteiger partial charge in [-0.15, -0.1) is 0 Å². The van der Waals surface area contributed by atoms with E-state index < -0.39 is 17.3 Å². The molecule has 1 rings (SSSR count). The zero-order valence-electron chi connectivity index (χ0n) is 9.04. The number of carbonyl (C=O) groups excluding carboxylic acids is 1. The van der Waals surface area contributed by atoms with E-state index in [1.165, 1.54) is 0 Å². The van der Waals surface area contributed by atoms with Crippen LogP contribution in [0.15, 0.2) is 0 Å². The Morgan fingerprint density at radius 2 is 1.86 bits per heavy atom. The van der Waals surface area contributed by atoms with Crippen LogP contribution in [0.3, 0.4) is 0 Å². The highest BCUT2D eigenvalue weighted by Gasteiger charge is 2.39. The lowest BCUT2D eigenvalue weighted by Crippen LogP contribution is -2.27. The second kappa shape index (κ2) is 3.71. The van der Waals surface area contributed by atoms with E-state index in [0.717, 1.165) is 12.8 Å². The summed E-state index contributed by atoms with van der Waals surface area (Å²) in [4.78, 5) is 22.5. The fourth-order valence-corrected chi connectivity index (χ4v) is 1.46. The topological polar surface area (TPSA) is 54.4 Å². The molecule has 3 heteroatoms. The minimum atomic E-state index is -0.815. The number of carboxylic acid groups (broad SMARTS) is 1. The lowest BCUT2D eigenvalue weighted by Gasteiger charge is -2.19. The summed E-state index contributed by atoms with van der Waals surface area (Å²) in [5.41, 5.74) is -0.414. The van der Waals surface area contributed by atoms with Crippen molar-refractivity contribution >= 4 is 11.8 Å². The van der Waals surface area contributed by atoms with Crippen molar-refractivity contribution in [1.82, 2.24) is 0 Å². The van der Waals surface area contributed by atoms with Crippen LogP contribution in [-0.4, -0.2) is 16.9 Å². The molecule has 0 aromatic rings. The van der Waals surface area contributed by atoms with E-state index in [2.05, 4.69) is 0 Å². The smallest absolute Gasteiger partial charge is 0.307 e. The number of carbonyl (C=O) groups is 2. The molecule has 0 saturated heterocycles. The van der Waals surface area contributed by atoms with Gasteiger partial charge < -0.3 is 5.11 Å². The molecule has 1 fully saturated rings. The maximum atomic E-state index is 11.6. The normalized spacial score (nSPS) is 19.1. The molecule has 1 saturated carbocycles. The first kappa shape index (κ1) is 11.2. The summed E-state index contributed by atoms with van der Waals surface area (Å²) in [6.07, 6.45) is 2.13. The number of carboxylic acids is 1. The van der Waals surface area contributed by atoms with Gasteiger partial charge in [0.15, 0.2) is 0 Å². The number of Topliss-reactive ketones (excluding diaryl/α,β-unsaturated/α-hetero) is 1. The monoisotopic (exact) mass is 198 g/mol. The summed E-state index contributed by atoms with van der Waals surface area (Å²) in [5.74, 6) is -0.956. The van der Waals surface area contributed by atoms with Gasteiger partial charge in [0.2, 0.25) is 0 Å². The Labute approximate surface area is 84.5 Å². The Hall–Kier alpha value is -0.860. The van der Waals surface area contributed by atoms with E-state index in [0.29, 0.717) is 0 Å². The van der Waals surface area contributed by atoms with Gasteiger partial charge in [0.25, 0.3) is 0 Å². The van der Waals surface area contributed by atoms with Gasteiger partial charge in [0, 0.05) is 11.8 Å². The maximum absolute atomic E-state index is 11.6. The minimum Gasteiger partial charge on any atom is -0.481 e. The second-order valence-electron chi connectivity index (χ2n) is 5.16. The molecule has 3 nitrogen and oxygen atoms in total. The first-order valence-corrected chi connectivity index (χ1v) is 5.08. The Morgan fingerprint density at radius 1 is 1.36 bits per heavy atom. The van der Waals surface area contributed by atoms with Crippen LogP contribution in [0, 0.1) is 17.3 Å². The predicted molar refractivity (Wildman–Crippen MR) is 52.9 cm³/mol. The largest absolute Gasteiger partial charge is 0.481 e. The van der Waals surface area contributed by atoms with Crippen molar-refractivity contribution in [3.05, 3.63) is 0 Å². The van der Waals surface area contributed by atoms with Crippen LogP contribution in [0.1, 0.15) is 40.0 Å². The van der Waals surface area contributed by atoms with Crippen LogP contribution in [0.25, 0.3) is 0 Å². The summed E-state index contributed by atoms with van der Waals surface area (Å²) < 4.78 is 0. The lowest BCUT2D eigenvalue weighted by molar-refractivity contribution is -0.145. The van der Waals surface area contributed by atoms with E-state index in [4.69, 9.17) is 5.11 Å². The van der Waals surface area contributed by atoms with Crippen LogP contribution in [0.2, 0.25) is 0 Å². The summed E-state index contributed by atoms with van der Waals surface area (Å²) in [6, 6.07) is 0. The molecule has 0 aliphatic heterocycles. The zero-order chi connectivity index (χ0) is 10.9. The van der Waals surface area contributed by atoms with Gasteiger partial charge in [-0.3, -0.25) is 9.59 Å². The average Bonchev–Trinajstić information content (AvgIpc) is 2.79. The van der Waals surface area contributed by atoms with Crippen LogP contribution < -0.4 is 0 Å². The molecule has 0 amide bonds. The van der Waals surface area contributed by atoms with Crippen molar-refractivity contribution < 1.29 is 14.7 Å². The highest BCUT2D eigenvalue weighted by Crippen LogP contribution is 2.39. The Balaban J connectivity index is 2.56. The molecular weight excluding hydrogens is 180 g/mol. The van der Waals surface area contributed by atoms with Crippen molar-refractivity contribution in [2.75, 3.05) is 0 Å². The van der Waals surface area contributed by atoms with Gasteiger partial charge in [0.1, 0.15) is 5.78 Å². The molecule has 1 aliphatic rings. The van der Waals surface area contributed by atoms with Gasteiger partial charge in [-0.2, -0.15) is 0 Å². The first-order valence-electron chi connectivity index (χ1n) is 5.08. The van der Waals surface area contributed by atoms with Crippen molar-refractivity contribution in [1.29, 1.82) is 0 Å². The molecule has 0 bridgehead atoms. The van der Waals surface area contributed by atoms with Crippen molar-refractivity contribution in [2.24, 2.45) is 17.3 Å². The molecule has 0 radical (unpaired) electrons. The van der Waals surface area contributed by atoms with Crippen LogP contribution in [-0.2, 0) is 9.59 Å². The number of aliphatic carboxylic acids is 1. The number of rotatable bonds is 4. The van der Waals surface area contributed by atoms with Crippen molar-refractivity contribution in [3.8, 4) is 0 Å². The first-order chi connectivity index (χ1) is 6.32. The third-order valence-corrected chi connectivity index (χ3v) is 2.75. The molecule has 0 heterocycles. The average molecular weight is 198 g/mol. The van der Waals surface area contributed by atoms with Crippen molar-refractivity contribution in [2.45, 2.75) is 40.0 Å². The quantitative estimate of drug-likeness (QED) is 0.752. The van der Waals surface area contributed by atoms with Crippen LogP contribution in [0.5, 0.6) is 0 Å². The summed E-state index contributed by atoms with van der Waals surface area (Å²) in [6.45, 7) is 5.50. The Bertz CT molecular complexity index is 246. The van der Waals surface area contributed by atoms with Gasteiger partial charge in [-0.25, -0.2) is 0 Å². The number of ketones is 1. The molecule has 0 unspecified atom stereocenters. The summed E-state index contributed by atoms with van der Waals surface area (Å²) >= 11 is 0. The van der Waals surface area contributed by atoms with E-state index >= 15 is 0 Å². The van der Waals surface area contributed by atoms with E-state index in [1.54, 1.807) is 0 Å². The third-order valence-electron chi connectivity index (χ3n) is 2.75. The molecule has 1 N–H and O–H groups in total. The Kier molecular flexibility index (Phi) is 2.98. The fourth-order valence-electron chi connectivity index (χ4n) is 1.46. The molecule has 80 valence electrons. The lowest BCUT2D eigenvalue weighted by atomic mass is 9.84. The van der Waals surface area contributed by atoms with E-state index in [-0.39, 0.29) is 18.1 Å². The Morgan fingerprint density at radius 3 is 2.14 bits per heavy atom. The number of hydrogen-bond donors (Lipinski definition) is 1. The number of hydrogen-bond acceptors (Lipinski definition) is 2. The van der Waals surface area contributed by atoms with Gasteiger partial charge in [0.05, 0.1) is 5.92 Å². The summed E-state index contributed by atoms with van der Waals surface area (Å²) in [5, 5.41) is 8.95. The van der Waals surface area contributed by atoms with Gasteiger partial charge in [-0.05, 0) is 18.8 Å². The molecule has 1 atom stereocenters. The minimum absolute atomic E-state index is 0.0526. The van der Waals surface area contributed by atoms with Gasteiger partial charge in [-0.1, -0.05) is 20.8 Å². The molecule has 14 heavy (non-hydrogen) atoms. The highest BCUT2D eigenvalue weighted by molar-refractivity contribution is 5.87. The standard InChI is InChI=1S/C11H18O3/c1-11(2,3)9(12)6-8(10(13)14)7-4-5-7/h7-8H,4-6H2,1-3H3,(H,13,14)/t8-/m0/s1. The zero-order valence-corrected chi connectivity index (χ0v) is 9.04. The van der Waals surface area contributed by atoms with Crippen LogP contribution >= 0.6 is 0 Å². The van der Waals surface area contributed by atoms with E-state index in [1.807, 2.05) is 20.8 Å². The van der Waals surface area contributed by atoms with Gasteiger partial charge >= 0.3 is 5.97 Å². The highest BCUT2D eigenvalue weighted by atomic mass is 16.4. The van der Waals surface area contributed by atoms with Crippen molar-refractivity contribution in [3.63, 3.8) is 0 Å². The summed E-state index contributed by atoms with van der Waals surface area (Å²) in [7, 11) is 0. The van der Waals surface area contributed by atoms with E-state index in [9.17, 15) is 9.59 Å². The molecule has 1 aliphatic carbocycles.